The Morgan fingerprint density at radius 2 is 1.95 bits per heavy atom. The van der Waals surface area contributed by atoms with Crippen LogP contribution in [0.1, 0.15) is 19.4 Å². The number of anilines is 2. The molecule has 118 valence electrons. The highest BCUT2D eigenvalue weighted by Crippen LogP contribution is 2.21. The van der Waals surface area contributed by atoms with Crippen LogP contribution in [0.25, 0.3) is 0 Å². The Morgan fingerprint density at radius 1 is 1.23 bits per heavy atom. The molecule has 0 aliphatic carbocycles. The van der Waals surface area contributed by atoms with Crippen molar-refractivity contribution in [3.63, 3.8) is 0 Å². The Bertz CT molecular complexity index is 631. The van der Waals surface area contributed by atoms with E-state index in [1.165, 1.54) is 6.07 Å². The van der Waals surface area contributed by atoms with Gasteiger partial charge in [0.1, 0.15) is 5.82 Å². The Kier molecular flexibility index (Phi) is 5.14. The van der Waals surface area contributed by atoms with Crippen molar-refractivity contribution in [3.8, 4) is 5.88 Å². The van der Waals surface area contributed by atoms with Crippen LogP contribution in [-0.2, 0) is 6.54 Å². The Labute approximate surface area is 130 Å². The van der Waals surface area contributed by atoms with E-state index in [4.69, 9.17) is 4.74 Å². The van der Waals surface area contributed by atoms with E-state index in [-0.39, 0.29) is 11.9 Å². The molecule has 0 fully saturated rings. The van der Waals surface area contributed by atoms with Crippen molar-refractivity contribution < 1.29 is 9.13 Å². The van der Waals surface area contributed by atoms with Gasteiger partial charge in [0.2, 0.25) is 0 Å². The molecule has 0 aliphatic rings. The molecule has 5 nitrogen and oxygen atoms in total. The first-order chi connectivity index (χ1) is 10.5. The lowest BCUT2D eigenvalue weighted by molar-refractivity contribution is 0.233. The zero-order valence-corrected chi connectivity index (χ0v) is 13.3. The summed E-state index contributed by atoms with van der Waals surface area (Å²) in [5.41, 5.74) is 1.39. The first kappa shape index (κ1) is 16.0. The third-order valence-corrected chi connectivity index (χ3v) is 2.97. The summed E-state index contributed by atoms with van der Waals surface area (Å²) in [5.74, 6) is 0.748. The lowest BCUT2D eigenvalue weighted by Gasteiger charge is -2.15. The standard InChI is InChI=1S/C16H21FN4O/c1-11(2)22-16-15(18-7-8-19-16)20-10-12-5-6-14(21(3)4)13(17)9-12/h5-9,11H,10H2,1-4H3,(H,18,20). The molecule has 1 N–H and O–H groups in total. The van der Waals surface area contributed by atoms with Crippen molar-refractivity contribution >= 4 is 11.5 Å². The summed E-state index contributed by atoms with van der Waals surface area (Å²) in [4.78, 5) is 10.1. The third kappa shape index (κ3) is 4.07. The van der Waals surface area contributed by atoms with E-state index in [9.17, 15) is 4.39 Å². The molecule has 0 radical (unpaired) electrons. The summed E-state index contributed by atoms with van der Waals surface area (Å²) in [7, 11) is 3.62. The van der Waals surface area contributed by atoms with Gasteiger partial charge in [-0.05, 0) is 31.5 Å². The van der Waals surface area contributed by atoms with Gasteiger partial charge in [-0.2, -0.15) is 0 Å². The molecule has 1 heterocycles. The Balaban J connectivity index is 2.09. The second-order valence-corrected chi connectivity index (χ2v) is 5.41. The maximum atomic E-state index is 14.0. The number of halogens is 1. The number of rotatable bonds is 6. The lowest BCUT2D eigenvalue weighted by Crippen LogP contribution is -2.12. The molecule has 0 unspecified atom stereocenters. The van der Waals surface area contributed by atoms with Gasteiger partial charge in [-0.1, -0.05) is 6.07 Å². The zero-order valence-electron chi connectivity index (χ0n) is 13.3. The molecule has 6 heteroatoms. The number of nitrogens with one attached hydrogen (secondary N) is 1. The van der Waals surface area contributed by atoms with Gasteiger partial charge in [0.25, 0.3) is 5.88 Å². The number of aromatic nitrogens is 2. The van der Waals surface area contributed by atoms with E-state index < -0.39 is 0 Å². The number of hydrogen-bond donors (Lipinski definition) is 1. The van der Waals surface area contributed by atoms with Crippen molar-refractivity contribution in [1.82, 2.24) is 9.97 Å². The molecule has 1 aromatic heterocycles. The second kappa shape index (κ2) is 7.06. The SMILES string of the molecule is CC(C)Oc1nccnc1NCc1ccc(N(C)C)c(F)c1. The zero-order chi connectivity index (χ0) is 16.1. The van der Waals surface area contributed by atoms with E-state index in [0.717, 1.165) is 5.56 Å². The van der Waals surface area contributed by atoms with Gasteiger partial charge in [0.15, 0.2) is 5.82 Å². The Morgan fingerprint density at radius 3 is 2.59 bits per heavy atom. The first-order valence-electron chi connectivity index (χ1n) is 7.14. The molecule has 2 rings (SSSR count). The highest BCUT2D eigenvalue weighted by atomic mass is 19.1. The first-order valence-corrected chi connectivity index (χ1v) is 7.14. The topological polar surface area (TPSA) is 50.3 Å². The highest BCUT2D eigenvalue weighted by molar-refractivity contribution is 5.49. The largest absolute Gasteiger partial charge is 0.472 e. The van der Waals surface area contributed by atoms with Crippen LogP contribution in [0.4, 0.5) is 15.9 Å². The van der Waals surface area contributed by atoms with Crippen LogP contribution in [0.5, 0.6) is 5.88 Å². The number of benzene rings is 1. The summed E-state index contributed by atoms with van der Waals surface area (Å²) < 4.78 is 19.5. The van der Waals surface area contributed by atoms with E-state index >= 15 is 0 Å². The van der Waals surface area contributed by atoms with Crippen LogP contribution in [-0.4, -0.2) is 30.2 Å². The molecule has 1 aromatic carbocycles. The number of hydrogen-bond acceptors (Lipinski definition) is 5. The van der Waals surface area contributed by atoms with Crippen LogP contribution >= 0.6 is 0 Å². The van der Waals surface area contributed by atoms with Gasteiger partial charge < -0.3 is 15.0 Å². The van der Waals surface area contributed by atoms with Crippen LogP contribution in [0.3, 0.4) is 0 Å². The van der Waals surface area contributed by atoms with Gasteiger partial charge >= 0.3 is 0 Å². The average Bonchev–Trinajstić information content (AvgIpc) is 2.45. The summed E-state index contributed by atoms with van der Waals surface area (Å²) >= 11 is 0. The molecule has 0 saturated heterocycles. The summed E-state index contributed by atoms with van der Waals surface area (Å²) in [6, 6.07) is 5.15. The number of nitrogens with zero attached hydrogens (tertiary/aromatic N) is 3. The van der Waals surface area contributed by atoms with Crippen molar-refractivity contribution in [1.29, 1.82) is 0 Å². The molecule has 0 aliphatic heterocycles. The molecule has 0 atom stereocenters. The van der Waals surface area contributed by atoms with E-state index in [2.05, 4.69) is 15.3 Å². The highest BCUT2D eigenvalue weighted by Gasteiger charge is 2.09. The van der Waals surface area contributed by atoms with Crippen molar-refractivity contribution in [2.75, 3.05) is 24.3 Å². The van der Waals surface area contributed by atoms with Crippen molar-refractivity contribution in [2.45, 2.75) is 26.5 Å². The third-order valence-electron chi connectivity index (χ3n) is 2.97. The minimum atomic E-state index is -0.248. The molecule has 22 heavy (non-hydrogen) atoms. The Hall–Kier alpha value is -2.37. The van der Waals surface area contributed by atoms with Gasteiger partial charge in [-0.15, -0.1) is 0 Å². The molecular formula is C16H21FN4O. The van der Waals surface area contributed by atoms with Crippen molar-refractivity contribution in [3.05, 3.63) is 42.0 Å². The van der Waals surface area contributed by atoms with Crippen LogP contribution < -0.4 is 15.0 Å². The fourth-order valence-corrected chi connectivity index (χ4v) is 1.96. The monoisotopic (exact) mass is 304 g/mol. The molecule has 2 aromatic rings. The minimum absolute atomic E-state index is 0.00840. The van der Waals surface area contributed by atoms with Gasteiger partial charge in [0, 0.05) is 33.0 Å². The van der Waals surface area contributed by atoms with Gasteiger partial charge in [-0.25, -0.2) is 14.4 Å². The normalized spacial score (nSPS) is 10.6. The molecule has 0 spiro atoms. The fraction of sp³-hybridized carbons (Fsp3) is 0.375. The van der Waals surface area contributed by atoms with Crippen LogP contribution in [0, 0.1) is 5.82 Å². The fourth-order valence-electron chi connectivity index (χ4n) is 1.96. The van der Waals surface area contributed by atoms with Gasteiger partial charge in [0.05, 0.1) is 11.8 Å². The summed E-state index contributed by atoms with van der Waals surface area (Å²) in [5, 5.41) is 3.13. The maximum Gasteiger partial charge on any atom is 0.257 e. The molecule has 0 bridgehead atoms. The maximum absolute atomic E-state index is 14.0. The van der Waals surface area contributed by atoms with E-state index in [0.29, 0.717) is 23.9 Å². The summed E-state index contributed by atoms with van der Waals surface area (Å²) in [6.07, 6.45) is 3.17. The predicted molar refractivity (Wildman–Crippen MR) is 85.8 cm³/mol. The summed E-state index contributed by atoms with van der Waals surface area (Å²) in [6.45, 7) is 4.29. The van der Waals surface area contributed by atoms with E-state index in [1.807, 2.05) is 34.0 Å². The van der Waals surface area contributed by atoms with E-state index in [1.54, 1.807) is 23.4 Å². The quantitative estimate of drug-likeness (QED) is 0.889. The predicted octanol–water partition coefficient (Wildman–Crippen LogP) is 3.08. The van der Waals surface area contributed by atoms with Crippen molar-refractivity contribution in [2.24, 2.45) is 0 Å². The minimum Gasteiger partial charge on any atom is -0.472 e. The second-order valence-electron chi connectivity index (χ2n) is 5.41. The van der Waals surface area contributed by atoms with Gasteiger partial charge in [-0.3, -0.25) is 0 Å². The number of ether oxygens (including phenoxy) is 1. The van der Waals surface area contributed by atoms with Crippen LogP contribution in [0.2, 0.25) is 0 Å². The smallest absolute Gasteiger partial charge is 0.257 e. The average molecular weight is 304 g/mol. The molecular weight excluding hydrogens is 283 g/mol. The molecule has 0 amide bonds. The molecule has 0 saturated carbocycles. The lowest BCUT2D eigenvalue weighted by atomic mass is 10.2. The van der Waals surface area contributed by atoms with Crippen LogP contribution in [0.15, 0.2) is 30.6 Å².